The largest absolute Gasteiger partial charge is 0.326 e. The van der Waals surface area contributed by atoms with Crippen LogP contribution in [-0.2, 0) is 9.59 Å². The Bertz CT molecular complexity index is 502. The van der Waals surface area contributed by atoms with E-state index in [9.17, 15) is 9.59 Å². The van der Waals surface area contributed by atoms with Gasteiger partial charge < -0.3 is 10.6 Å². The number of nitrogens with zero attached hydrogens (tertiary/aromatic N) is 1. The lowest BCUT2D eigenvalue weighted by molar-refractivity contribution is -0.121. The second-order valence-electron chi connectivity index (χ2n) is 5.24. The number of amides is 2. The Kier molecular flexibility index (Phi) is 4.74. The van der Waals surface area contributed by atoms with Crippen molar-refractivity contribution in [3.63, 3.8) is 0 Å². The van der Waals surface area contributed by atoms with Crippen molar-refractivity contribution in [3.8, 4) is 0 Å². The molecule has 108 valence electrons. The molecular formula is C15H21N3O2. The minimum absolute atomic E-state index is 0.0205. The van der Waals surface area contributed by atoms with Gasteiger partial charge in [-0.2, -0.15) is 0 Å². The van der Waals surface area contributed by atoms with E-state index in [1.54, 1.807) is 12.1 Å². The fourth-order valence-electron chi connectivity index (χ4n) is 2.51. The van der Waals surface area contributed by atoms with E-state index in [-0.39, 0.29) is 17.9 Å². The lowest BCUT2D eigenvalue weighted by Crippen LogP contribution is -2.44. The van der Waals surface area contributed by atoms with Crippen molar-refractivity contribution in [2.24, 2.45) is 0 Å². The van der Waals surface area contributed by atoms with E-state index < -0.39 is 0 Å². The van der Waals surface area contributed by atoms with Crippen LogP contribution in [-0.4, -0.2) is 36.3 Å². The number of carbonyl (C=O) groups excluding carboxylic acids is 2. The fraction of sp³-hybridized carbons (Fsp3) is 0.467. The van der Waals surface area contributed by atoms with Gasteiger partial charge in [0.1, 0.15) is 0 Å². The maximum atomic E-state index is 12.3. The number of carbonyl (C=O) groups is 2. The molecule has 1 saturated heterocycles. The molecule has 1 aliphatic rings. The van der Waals surface area contributed by atoms with Gasteiger partial charge in [0.2, 0.25) is 11.8 Å². The molecule has 1 aliphatic heterocycles. The van der Waals surface area contributed by atoms with Gasteiger partial charge >= 0.3 is 0 Å². The molecule has 1 fully saturated rings. The fourth-order valence-corrected chi connectivity index (χ4v) is 2.51. The van der Waals surface area contributed by atoms with Crippen LogP contribution in [0.5, 0.6) is 0 Å². The predicted molar refractivity (Wildman–Crippen MR) is 79.6 cm³/mol. The number of likely N-dealkylation sites (N-methyl/N-ethyl adjacent to an activating group) is 1. The van der Waals surface area contributed by atoms with E-state index in [1.807, 2.05) is 19.2 Å². The lowest BCUT2D eigenvalue weighted by Gasteiger charge is -2.31. The van der Waals surface area contributed by atoms with E-state index in [4.69, 9.17) is 0 Å². The molecular weight excluding hydrogens is 254 g/mol. The molecule has 2 amide bonds. The Hall–Kier alpha value is -1.88. The van der Waals surface area contributed by atoms with E-state index in [0.29, 0.717) is 11.4 Å². The van der Waals surface area contributed by atoms with Gasteiger partial charge in [0.25, 0.3) is 0 Å². The van der Waals surface area contributed by atoms with Gasteiger partial charge in [0.15, 0.2) is 0 Å². The number of rotatable bonds is 3. The minimum atomic E-state index is -0.125. The number of hydrogen-bond donors (Lipinski definition) is 2. The summed E-state index contributed by atoms with van der Waals surface area (Å²) in [7, 11) is 1.98. The average molecular weight is 275 g/mol. The summed E-state index contributed by atoms with van der Waals surface area (Å²) in [6.07, 6.45) is 3.14. The number of benzene rings is 1. The molecule has 5 nitrogen and oxygen atoms in total. The maximum Gasteiger partial charge on any atom is 0.241 e. The third-order valence-electron chi connectivity index (χ3n) is 3.52. The zero-order chi connectivity index (χ0) is 14.5. The number of piperidine rings is 1. The SMILES string of the molecule is CC(=O)Nc1cccc(NC(=O)C2CCCCN2C)c1. The first-order valence-electron chi connectivity index (χ1n) is 6.95. The standard InChI is InChI=1S/C15H21N3O2/c1-11(19)16-12-6-5-7-13(10-12)17-15(20)14-8-3-4-9-18(14)2/h5-7,10,14H,3-4,8-9H2,1-2H3,(H,16,19)(H,17,20). The van der Waals surface area contributed by atoms with E-state index >= 15 is 0 Å². The van der Waals surface area contributed by atoms with Crippen LogP contribution in [0.15, 0.2) is 24.3 Å². The van der Waals surface area contributed by atoms with Crippen LogP contribution in [0.2, 0.25) is 0 Å². The summed E-state index contributed by atoms with van der Waals surface area (Å²) >= 11 is 0. The van der Waals surface area contributed by atoms with Gasteiger partial charge in [-0.3, -0.25) is 14.5 Å². The minimum Gasteiger partial charge on any atom is -0.326 e. The third kappa shape index (κ3) is 3.81. The van der Waals surface area contributed by atoms with Gasteiger partial charge in [0, 0.05) is 18.3 Å². The number of likely N-dealkylation sites (tertiary alicyclic amines) is 1. The summed E-state index contributed by atoms with van der Waals surface area (Å²) in [5, 5.41) is 5.63. The highest BCUT2D eigenvalue weighted by atomic mass is 16.2. The second-order valence-corrected chi connectivity index (χ2v) is 5.24. The normalized spacial score (nSPS) is 19.4. The Labute approximate surface area is 119 Å². The molecule has 2 rings (SSSR count). The Morgan fingerprint density at radius 2 is 1.90 bits per heavy atom. The lowest BCUT2D eigenvalue weighted by atomic mass is 10.0. The molecule has 1 aromatic carbocycles. The summed E-state index contributed by atoms with van der Waals surface area (Å²) in [4.78, 5) is 25.4. The van der Waals surface area contributed by atoms with Crippen molar-refractivity contribution >= 4 is 23.2 Å². The van der Waals surface area contributed by atoms with Gasteiger partial charge in [0.05, 0.1) is 6.04 Å². The predicted octanol–water partition coefficient (Wildman–Crippen LogP) is 2.07. The van der Waals surface area contributed by atoms with Gasteiger partial charge in [-0.05, 0) is 44.6 Å². The van der Waals surface area contributed by atoms with Crippen molar-refractivity contribution in [3.05, 3.63) is 24.3 Å². The number of hydrogen-bond acceptors (Lipinski definition) is 3. The van der Waals surface area contributed by atoms with Crippen LogP contribution < -0.4 is 10.6 Å². The number of nitrogens with one attached hydrogen (secondary N) is 2. The molecule has 5 heteroatoms. The molecule has 0 spiro atoms. The summed E-state index contributed by atoms with van der Waals surface area (Å²) in [6, 6.07) is 7.14. The molecule has 0 saturated carbocycles. The molecule has 1 atom stereocenters. The topological polar surface area (TPSA) is 61.4 Å². The van der Waals surface area contributed by atoms with Gasteiger partial charge in [-0.25, -0.2) is 0 Å². The zero-order valence-corrected chi connectivity index (χ0v) is 12.0. The molecule has 0 bridgehead atoms. The van der Waals surface area contributed by atoms with Crippen LogP contribution in [0.1, 0.15) is 26.2 Å². The average Bonchev–Trinajstić information content (AvgIpc) is 2.38. The second kappa shape index (κ2) is 6.52. The Morgan fingerprint density at radius 1 is 1.20 bits per heavy atom. The molecule has 0 aliphatic carbocycles. The monoisotopic (exact) mass is 275 g/mol. The molecule has 1 heterocycles. The summed E-state index contributed by atoms with van der Waals surface area (Å²) in [6.45, 7) is 2.42. The van der Waals surface area contributed by atoms with Crippen molar-refractivity contribution in [1.82, 2.24) is 4.90 Å². The number of anilines is 2. The molecule has 0 aromatic heterocycles. The summed E-state index contributed by atoms with van der Waals surface area (Å²) in [5.74, 6) is -0.104. The van der Waals surface area contributed by atoms with Crippen LogP contribution in [0, 0.1) is 0 Å². The van der Waals surface area contributed by atoms with Crippen molar-refractivity contribution < 1.29 is 9.59 Å². The van der Waals surface area contributed by atoms with E-state index in [1.165, 1.54) is 6.92 Å². The maximum absolute atomic E-state index is 12.3. The molecule has 20 heavy (non-hydrogen) atoms. The van der Waals surface area contributed by atoms with E-state index in [0.717, 1.165) is 25.8 Å². The Morgan fingerprint density at radius 3 is 2.55 bits per heavy atom. The molecule has 1 aromatic rings. The third-order valence-corrected chi connectivity index (χ3v) is 3.52. The summed E-state index contributed by atoms with van der Waals surface area (Å²) < 4.78 is 0. The van der Waals surface area contributed by atoms with Crippen molar-refractivity contribution in [1.29, 1.82) is 0 Å². The van der Waals surface area contributed by atoms with Crippen molar-refractivity contribution in [2.75, 3.05) is 24.2 Å². The molecule has 2 N–H and O–H groups in total. The van der Waals surface area contributed by atoms with Gasteiger partial charge in [-0.1, -0.05) is 12.5 Å². The summed E-state index contributed by atoms with van der Waals surface area (Å²) in [5.41, 5.74) is 1.40. The molecule has 1 unspecified atom stereocenters. The highest BCUT2D eigenvalue weighted by molar-refractivity contribution is 5.96. The first kappa shape index (κ1) is 14.5. The van der Waals surface area contributed by atoms with E-state index in [2.05, 4.69) is 15.5 Å². The molecule has 0 radical (unpaired) electrons. The van der Waals surface area contributed by atoms with Crippen LogP contribution in [0.4, 0.5) is 11.4 Å². The van der Waals surface area contributed by atoms with Gasteiger partial charge in [-0.15, -0.1) is 0 Å². The highest BCUT2D eigenvalue weighted by Gasteiger charge is 2.25. The van der Waals surface area contributed by atoms with Crippen LogP contribution in [0.25, 0.3) is 0 Å². The first-order chi connectivity index (χ1) is 9.56. The van der Waals surface area contributed by atoms with Crippen molar-refractivity contribution in [2.45, 2.75) is 32.2 Å². The Balaban J connectivity index is 2.01. The quantitative estimate of drug-likeness (QED) is 0.887. The zero-order valence-electron chi connectivity index (χ0n) is 12.0. The van der Waals surface area contributed by atoms with Crippen LogP contribution in [0.3, 0.4) is 0 Å². The first-order valence-corrected chi connectivity index (χ1v) is 6.95. The van der Waals surface area contributed by atoms with Crippen LogP contribution >= 0.6 is 0 Å². The highest BCUT2D eigenvalue weighted by Crippen LogP contribution is 2.19. The smallest absolute Gasteiger partial charge is 0.241 e.